The Labute approximate surface area is 117 Å². The second-order valence-electron chi connectivity index (χ2n) is 4.26. The maximum atomic E-state index is 9.90. The molecule has 2 rings (SSSR count). The van der Waals surface area contributed by atoms with E-state index < -0.39 is 6.10 Å². The van der Waals surface area contributed by atoms with Crippen LogP contribution in [0.15, 0.2) is 42.5 Å². The summed E-state index contributed by atoms with van der Waals surface area (Å²) >= 11 is 0. The summed E-state index contributed by atoms with van der Waals surface area (Å²) < 4.78 is 11.0. The van der Waals surface area contributed by atoms with Crippen LogP contribution in [0.5, 0.6) is 17.2 Å². The van der Waals surface area contributed by atoms with Crippen LogP contribution in [0.3, 0.4) is 0 Å². The highest BCUT2D eigenvalue weighted by Gasteiger charge is 2.16. The Hall–Kier alpha value is -2.51. The molecule has 0 fully saturated rings. The van der Waals surface area contributed by atoms with Crippen molar-refractivity contribution in [2.75, 3.05) is 7.11 Å². The Morgan fingerprint density at radius 2 is 1.70 bits per heavy atom. The average molecular weight is 269 g/mol. The lowest BCUT2D eigenvalue weighted by Crippen LogP contribution is -2.00. The molecule has 0 bridgehead atoms. The number of benzene rings is 2. The average Bonchev–Trinajstić information content (AvgIpc) is 2.47. The van der Waals surface area contributed by atoms with Crippen LogP contribution in [-0.2, 0) is 0 Å². The van der Waals surface area contributed by atoms with Crippen molar-refractivity contribution >= 4 is 0 Å². The fraction of sp³-hybridized carbons (Fsp3) is 0.188. The third-order valence-electron chi connectivity index (χ3n) is 2.89. The van der Waals surface area contributed by atoms with E-state index in [1.54, 1.807) is 49.4 Å². The zero-order chi connectivity index (χ0) is 14.5. The first kappa shape index (κ1) is 13.9. The van der Waals surface area contributed by atoms with Crippen LogP contribution in [0.4, 0.5) is 0 Å². The standard InChI is InChI=1S/C16H15NO3/c1-11(18)16-14(19-2)8-5-9-15(16)20-13-7-4-3-6-12(13)10-17/h3-9,11,18H,1-2H3/t11-/m1/s1. The van der Waals surface area contributed by atoms with E-state index in [0.29, 0.717) is 28.4 Å². The Bertz CT molecular complexity index is 644. The van der Waals surface area contributed by atoms with Gasteiger partial charge in [0.15, 0.2) is 0 Å². The summed E-state index contributed by atoms with van der Waals surface area (Å²) in [6, 6.07) is 14.3. The van der Waals surface area contributed by atoms with Gasteiger partial charge in [-0.15, -0.1) is 0 Å². The molecule has 2 aromatic carbocycles. The molecule has 0 saturated heterocycles. The lowest BCUT2D eigenvalue weighted by atomic mass is 10.1. The first-order valence-electron chi connectivity index (χ1n) is 6.19. The van der Waals surface area contributed by atoms with Crippen molar-refractivity contribution in [1.82, 2.24) is 0 Å². The molecule has 0 heterocycles. The van der Waals surface area contributed by atoms with Gasteiger partial charge in [0.1, 0.15) is 23.3 Å². The van der Waals surface area contributed by atoms with Gasteiger partial charge in [-0.05, 0) is 31.2 Å². The van der Waals surface area contributed by atoms with Crippen molar-refractivity contribution in [1.29, 1.82) is 5.26 Å². The molecule has 1 atom stereocenters. The van der Waals surface area contributed by atoms with Crippen molar-refractivity contribution in [3.8, 4) is 23.3 Å². The van der Waals surface area contributed by atoms with Gasteiger partial charge in [0.25, 0.3) is 0 Å². The van der Waals surface area contributed by atoms with Crippen molar-refractivity contribution in [3.63, 3.8) is 0 Å². The number of nitriles is 1. The molecular formula is C16H15NO3. The summed E-state index contributed by atoms with van der Waals surface area (Å²) in [6.45, 7) is 1.64. The third-order valence-corrected chi connectivity index (χ3v) is 2.89. The summed E-state index contributed by atoms with van der Waals surface area (Å²) in [6.07, 6.45) is -0.740. The second-order valence-corrected chi connectivity index (χ2v) is 4.26. The van der Waals surface area contributed by atoms with Crippen LogP contribution in [0.2, 0.25) is 0 Å². The minimum Gasteiger partial charge on any atom is -0.496 e. The van der Waals surface area contributed by atoms with Crippen LogP contribution in [0.1, 0.15) is 24.2 Å². The van der Waals surface area contributed by atoms with Gasteiger partial charge in [-0.2, -0.15) is 5.26 Å². The maximum Gasteiger partial charge on any atom is 0.145 e. The van der Waals surface area contributed by atoms with Crippen LogP contribution in [-0.4, -0.2) is 12.2 Å². The molecule has 0 unspecified atom stereocenters. The number of rotatable bonds is 4. The monoisotopic (exact) mass is 269 g/mol. The van der Waals surface area contributed by atoms with Gasteiger partial charge in [-0.3, -0.25) is 0 Å². The fourth-order valence-corrected chi connectivity index (χ4v) is 1.97. The first-order chi connectivity index (χ1) is 9.67. The van der Waals surface area contributed by atoms with E-state index in [-0.39, 0.29) is 0 Å². The van der Waals surface area contributed by atoms with Gasteiger partial charge < -0.3 is 14.6 Å². The molecule has 102 valence electrons. The van der Waals surface area contributed by atoms with Crippen LogP contribution in [0.25, 0.3) is 0 Å². The van der Waals surface area contributed by atoms with Crippen LogP contribution >= 0.6 is 0 Å². The molecule has 0 aromatic heterocycles. The summed E-state index contributed by atoms with van der Waals surface area (Å²) in [4.78, 5) is 0. The Morgan fingerprint density at radius 1 is 1.05 bits per heavy atom. The van der Waals surface area contributed by atoms with Gasteiger partial charge in [0.05, 0.1) is 24.3 Å². The van der Waals surface area contributed by atoms with Gasteiger partial charge >= 0.3 is 0 Å². The topological polar surface area (TPSA) is 62.5 Å². The molecule has 0 aliphatic carbocycles. The molecule has 4 heteroatoms. The maximum absolute atomic E-state index is 9.90. The molecule has 0 radical (unpaired) electrons. The molecule has 0 spiro atoms. The molecule has 20 heavy (non-hydrogen) atoms. The molecule has 0 saturated carbocycles. The van der Waals surface area contributed by atoms with Crippen molar-refractivity contribution in [3.05, 3.63) is 53.6 Å². The van der Waals surface area contributed by atoms with Crippen LogP contribution < -0.4 is 9.47 Å². The third kappa shape index (κ3) is 2.73. The number of hydrogen-bond acceptors (Lipinski definition) is 4. The van der Waals surface area contributed by atoms with Crippen molar-refractivity contribution < 1.29 is 14.6 Å². The zero-order valence-electron chi connectivity index (χ0n) is 11.3. The number of methoxy groups -OCH3 is 1. The number of hydrogen-bond donors (Lipinski definition) is 1. The van der Waals surface area contributed by atoms with Crippen LogP contribution in [0, 0.1) is 11.3 Å². The molecule has 0 aliphatic heterocycles. The minimum absolute atomic E-state index is 0.437. The smallest absolute Gasteiger partial charge is 0.145 e. The highest BCUT2D eigenvalue weighted by atomic mass is 16.5. The molecule has 0 amide bonds. The number of aliphatic hydroxyl groups is 1. The predicted molar refractivity (Wildman–Crippen MR) is 74.9 cm³/mol. The number of ether oxygens (including phenoxy) is 2. The van der Waals surface area contributed by atoms with E-state index in [9.17, 15) is 5.11 Å². The van der Waals surface area contributed by atoms with Gasteiger partial charge in [0, 0.05) is 0 Å². The first-order valence-corrected chi connectivity index (χ1v) is 6.19. The molecule has 0 aliphatic rings. The van der Waals surface area contributed by atoms with E-state index in [1.165, 1.54) is 7.11 Å². The minimum atomic E-state index is -0.740. The zero-order valence-corrected chi connectivity index (χ0v) is 11.3. The predicted octanol–water partition coefficient (Wildman–Crippen LogP) is 3.41. The molecule has 4 nitrogen and oxygen atoms in total. The van der Waals surface area contributed by atoms with E-state index >= 15 is 0 Å². The van der Waals surface area contributed by atoms with Crippen molar-refractivity contribution in [2.45, 2.75) is 13.0 Å². The van der Waals surface area contributed by atoms with Gasteiger partial charge in [-0.1, -0.05) is 18.2 Å². The van der Waals surface area contributed by atoms with E-state index in [0.717, 1.165) is 0 Å². The summed E-state index contributed by atoms with van der Waals surface area (Å²) in [5.41, 5.74) is 0.995. The largest absolute Gasteiger partial charge is 0.496 e. The Morgan fingerprint density at radius 3 is 2.35 bits per heavy atom. The number of aliphatic hydroxyl groups excluding tert-OH is 1. The fourth-order valence-electron chi connectivity index (χ4n) is 1.97. The van der Waals surface area contributed by atoms with Crippen molar-refractivity contribution in [2.24, 2.45) is 0 Å². The van der Waals surface area contributed by atoms with Gasteiger partial charge in [-0.25, -0.2) is 0 Å². The van der Waals surface area contributed by atoms with Gasteiger partial charge in [0.2, 0.25) is 0 Å². The molecule has 1 N–H and O–H groups in total. The number of nitrogens with zero attached hydrogens (tertiary/aromatic N) is 1. The lowest BCUT2D eigenvalue weighted by Gasteiger charge is -2.16. The second kappa shape index (κ2) is 6.09. The summed E-state index contributed by atoms with van der Waals surface area (Å²) in [5.74, 6) is 1.47. The Kier molecular flexibility index (Phi) is 4.24. The van der Waals surface area contributed by atoms with E-state index in [2.05, 4.69) is 6.07 Å². The normalized spacial score (nSPS) is 11.5. The highest BCUT2D eigenvalue weighted by Crippen LogP contribution is 2.37. The van der Waals surface area contributed by atoms with E-state index in [1.807, 2.05) is 0 Å². The number of para-hydroxylation sites is 1. The SMILES string of the molecule is COc1cccc(Oc2ccccc2C#N)c1[C@@H](C)O. The van der Waals surface area contributed by atoms with E-state index in [4.69, 9.17) is 14.7 Å². The summed E-state index contributed by atoms with van der Waals surface area (Å²) in [7, 11) is 1.54. The molecule has 2 aromatic rings. The molecular weight excluding hydrogens is 254 g/mol. The summed E-state index contributed by atoms with van der Waals surface area (Å²) in [5, 5.41) is 19.0. The lowest BCUT2D eigenvalue weighted by molar-refractivity contribution is 0.190. The quantitative estimate of drug-likeness (QED) is 0.923. The Balaban J connectivity index is 2.46. The highest BCUT2D eigenvalue weighted by molar-refractivity contribution is 5.50.